The van der Waals surface area contributed by atoms with E-state index in [1.165, 1.54) is 18.2 Å². The second-order valence-corrected chi connectivity index (χ2v) is 7.74. The molecule has 28 heavy (non-hydrogen) atoms. The molecule has 10 heteroatoms. The minimum Gasteiger partial charge on any atom is -0.452 e. The fraction of sp³-hybridized carbons (Fsp3) is 0.222. The van der Waals surface area contributed by atoms with E-state index in [0.29, 0.717) is 0 Å². The summed E-state index contributed by atoms with van der Waals surface area (Å²) in [4.78, 5) is 23.7. The standard InChI is InChI=1S/C18H18F2N2O5S/c1-11(2)22-28(25,26)13-6-3-5-12(9-13)18(24)27-10-16(23)21-17-14(19)7-4-8-15(17)20/h3-9,11,22H,10H2,1-2H3,(H,21,23). The van der Waals surface area contributed by atoms with E-state index >= 15 is 0 Å². The van der Waals surface area contributed by atoms with Crippen LogP contribution in [0.1, 0.15) is 24.2 Å². The van der Waals surface area contributed by atoms with Crippen molar-refractivity contribution in [3.05, 3.63) is 59.7 Å². The summed E-state index contributed by atoms with van der Waals surface area (Å²) in [5.41, 5.74) is -0.757. The van der Waals surface area contributed by atoms with Gasteiger partial charge in [0.25, 0.3) is 5.91 Å². The van der Waals surface area contributed by atoms with Gasteiger partial charge >= 0.3 is 5.97 Å². The van der Waals surface area contributed by atoms with Crippen molar-refractivity contribution >= 4 is 27.6 Å². The average molecular weight is 412 g/mol. The summed E-state index contributed by atoms with van der Waals surface area (Å²) in [5.74, 6) is -3.88. The lowest BCUT2D eigenvalue weighted by molar-refractivity contribution is -0.119. The van der Waals surface area contributed by atoms with E-state index < -0.39 is 45.8 Å². The average Bonchev–Trinajstić information content (AvgIpc) is 2.62. The van der Waals surface area contributed by atoms with Crippen molar-refractivity contribution < 1.29 is 31.5 Å². The quantitative estimate of drug-likeness (QED) is 0.681. The summed E-state index contributed by atoms with van der Waals surface area (Å²) in [6, 6.07) is 7.77. The summed E-state index contributed by atoms with van der Waals surface area (Å²) in [5, 5.41) is 1.97. The summed E-state index contributed by atoms with van der Waals surface area (Å²) in [6.45, 7) is 2.48. The fourth-order valence-corrected chi connectivity index (χ4v) is 3.47. The number of anilines is 1. The van der Waals surface area contributed by atoms with Gasteiger partial charge < -0.3 is 10.1 Å². The largest absolute Gasteiger partial charge is 0.452 e. The van der Waals surface area contributed by atoms with Gasteiger partial charge in [-0.05, 0) is 44.2 Å². The number of amides is 1. The maximum Gasteiger partial charge on any atom is 0.338 e. The number of hydrogen-bond acceptors (Lipinski definition) is 5. The van der Waals surface area contributed by atoms with Crippen LogP contribution >= 0.6 is 0 Å². The predicted molar refractivity (Wildman–Crippen MR) is 97.2 cm³/mol. The molecule has 2 rings (SSSR count). The predicted octanol–water partition coefficient (Wildman–Crippen LogP) is 2.45. The zero-order valence-electron chi connectivity index (χ0n) is 15.0. The molecular weight excluding hydrogens is 394 g/mol. The molecule has 0 aliphatic heterocycles. The molecule has 0 saturated carbocycles. The van der Waals surface area contributed by atoms with Crippen LogP contribution in [0, 0.1) is 11.6 Å². The summed E-state index contributed by atoms with van der Waals surface area (Å²) >= 11 is 0. The van der Waals surface area contributed by atoms with Gasteiger partial charge in [-0.1, -0.05) is 12.1 Å². The lowest BCUT2D eigenvalue weighted by Crippen LogP contribution is -2.30. The van der Waals surface area contributed by atoms with Gasteiger partial charge in [0.05, 0.1) is 10.5 Å². The van der Waals surface area contributed by atoms with E-state index in [1.807, 2.05) is 5.32 Å². The number of carbonyl (C=O) groups excluding carboxylic acids is 2. The van der Waals surface area contributed by atoms with Gasteiger partial charge in [-0.3, -0.25) is 4.79 Å². The number of nitrogens with one attached hydrogen (secondary N) is 2. The van der Waals surface area contributed by atoms with Crippen LogP contribution in [-0.4, -0.2) is 32.9 Å². The Labute approximate surface area is 160 Å². The van der Waals surface area contributed by atoms with Crippen molar-refractivity contribution in [1.29, 1.82) is 0 Å². The first-order valence-electron chi connectivity index (χ1n) is 8.13. The van der Waals surface area contributed by atoms with Crippen molar-refractivity contribution in [2.24, 2.45) is 0 Å². The number of para-hydroxylation sites is 1. The maximum atomic E-state index is 13.5. The number of sulfonamides is 1. The summed E-state index contributed by atoms with van der Waals surface area (Å²) in [7, 11) is -3.82. The number of rotatable bonds is 7. The van der Waals surface area contributed by atoms with Crippen LogP contribution in [0.15, 0.2) is 47.4 Å². The van der Waals surface area contributed by atoms with Gasteiger partial charge in [0.1, 0.15) is 17.3 Å². The fourth-order valence-electron chi connectivity index (χ4n) is 2.18. The van der Waals surface area contributed by atoms with Crippen molar-refractivity contribution in [3.8, 4) is 0 Å². The molecule has 0 radical (unpaired) electrons. The molecule has 2 aromatic carbocycles. The number of carbonyl (C=O) groups is 2. The molecule has 0 saturated heterocycles. The molecule has 0 fully saturated rings. The van der Waals surface area contributed by atoms with E-state index in [9.17, 15) is 26.8 Å². The molecule has 0 unspecified atom stereocenters. The van der Waals surface area contributed by atoms with Crippen LogP contribution in [0.25, 0.3) is 0 Å². The molecule has 0 atom stereocenters. The van der Waals surface area contributed by atoms with E-state index in [2.05, 4.69) is 4.72 Å². The van der Waals surface area contributed by atoms with E-state index in [1.54, 1.807) is 13.8 Å². The van der Waals surface area contributed by atoms with Gasteiger partial charge in [-0.15, -0.1) is 0 Å². The molecule has 0 aliphatic carbocycles. The molecule has 150 valence electrons. The monoisotopic (exact) mass is 412 g/mol. The Hall–Kier alpha value is -2.85. The molecule has 1 amide bonds. The number of ether oxygens (including phenoxy) is 1. The molecule has 0 spiro atoms. The zero-order valence-corrected chi connectivity index (χ0v) is 15.8. The van der Waals surface area contributed by atoms with Crippen LogP contribution in [0.4, 0.5) is 14.5 Å². The second-order valence-electron chi connectivity index (χ2n) is 6.02. The van der Waals surface area contributed by atoms with Crippen LogP contribution in [-0.2, 0) is 19.6 Å². The molecule has 0 aliphatic rings. The van der Waals surface area contributed by atoms with Gasteiger partial charge in [-0.25, -0.2) is 26.7 Å². The third-order valence-corrected chi connectivity index (χ3v) is 4.99. The Kier molecular flexibility index (Phi) is 6.81. The highest BCUT2D eigenvalue weighted by Gasteiger charge is 2.19. The Bertz CT molecular complexity index is 973. The Morgan fingerprint density at radius 3 is 2.29 bits per heavy atom. The summed E-state index contributed by atoms with van der Waals surface area (Å²) in [6.07, 6.45) is 0. The molecular formula is C18H18F2N2O5S. The van der Waals surface area contributed by atoms with Gasteiger partial charge in [0.15, 0.2) is 6.61 Å². The molecule has 2 N–H and O–H groups in total. The first kappa shape index (κ1) is 21.5. The number of halogens is 2. The minimum absolute atomic E-state index is 0.100. The molecule has 7 nitrogen and oxygen atoms in total. The molecule has 2 aromatic rings. The minimum atomic E-state index is -3.82. The lowest BCUT2D eigenvalue weighted by atomic mass is 10.2. The van der Waals surface area contributed by atoms with Gasteiger partial charge in [-0.2, -0.15) is 0 Å². The highest BCUT2D eigenvalue weighted by Crippen LogP contribution is 2.18. The van der Waals surface area contributed by atoms with Crippen molar-refractivity contribution in [2.75, 3.05) is 11.9 Å². The van der Waals surface area contributed by atoms with E-state index in [0.717, 1.165) is 24.3 Å². The third kappa shape index (κ3) is 5.57. The Balaban J connectivity index is 2.03. The second kappa shape index (κ2) is 8.89. The lowest BCUT2D eigenvalue weighted by Gasteiger charge is -2.11. The highest BCUT2D eigenvalue weighted by molar-refractivity contribution is 7.89. The van der Waals surface area contributed by atoms with Crippen LogP contribution < -0.4 is 10.0 Å². The van der Waals surface area contributed by atoms with Crippen molar-refractivity contribution in [2.45, 2.75) is 24.8 Å². The van der Waals surface area contributed by atoms with Crippen LogP contribution in [0.3, 0.4) is 0 Å². The normalized spacial score (nSPS) is 11.3. The molecule has 0 heterocycles. The SMILES string of the molecule is CC(C)NS(=O)(=O)c1cccc(C(=O)OCC(=O)Nc2c(F)cccc2F)c1. The molecule has 0 bridgehead atoms. The summed E-state index contributed by atoms with van der Waals surface area (Å²) < 4.78 is 58.4. The third-order valence-electron chi connectivity index (χ3n) is 3.33. The first-order valence-corrected chi connectivity index (χ1v) is 9.62. The van der Waals surface area contributed by atoms with E-state index in [4.69, 9.17) is 4.74 Å². The number of benzene rings is 2. The number of esters is 1. The van der Waals surface area contributed by atoms with E-state index in [-0.39, 0.29) is 16.5 Å². The van der Waals surface area contributed by atoms with Gasteiger partial charge in [0, 0.05) is 6.04 Å². The van der Waals surface area contributed by atoms with Crippen LogP contribution in [0.2, 0.25) is 0 Å². The first-order chi connectivity index (χ1) is 13.1. The van der Waals surface area contributed by atoms with Crippen LogP contribution in [0.5, 0.6) is 0 Å². The smallest absolute Gasteiger partial charge is 0.338 e. The molecule has 0 aromatic heterocycles. The Morgan fingerprint density at radius 1 is 1.07 bits per heavy atom. The van der Waals surface area contributed by atoms with Crippen molar-refractivity contribution in [1.82, 2.24) is 4.72 Å². The number of hydrogen-bond donors (Lipinski definition) is 2. The van der Waals surface area contributed by atoms with Gasteiger partial charge in [0.2, 0.25) is 10.0 Å². The maximum absolute atomic E-state index is 13.5. The highest BCUT2D eigenvalue weighted by atomic mass is 32.2. The topological polar surface area (TPSA) is 102 Å². The zero-order chi connectivity index (χ0) is 20.9. The Morgan fingerprint density at radius 2 is 1.68 bits per heavy atom. The van der Waals surface area contributed by atoms with Crippen molar-refractivity contribution in [3.63, 3.8) is 0 Å².